The number of nitrogens with zero attached hydrogens (tertiary/aromatic N) is 2. The third-order valence-electron chi connectivity index (χ3n) is 4.83. The molecule has 0 aliphatic rings. The van der Waals surface area contributed by atoms with E-state index in [1.54, 1.807) is 20.3 Å². The van der Waals surface area contributed by atoms with Crippen LogP contribution in [0.25, 0.3) is 17.8 Å². The number of carboxylic acids is 1. The van der Waals surface area contributed by atoms with E-state index >= 15 is 0 Å². The highest BCUT2D eigenvalue weighted by atomic mass is 16.5. The predicted molar refractivity (Wildman–Crippen MR) is 116 cm³/mol. The van der Waals surface area contributed by atoms with Gasteiger partial charge >= 0.3 is 5.97 Å². The standard InChI is InChI=1S/C23H24N2O5/c1-4-5-6-18-19(10-7-15-13-17(29-2)9-11-20(15)30-3)24-21-12-8-16(23(27)28)14-25(21)22(18)26/h7-14H,4-6H2,1-3H3,(H,27,28)/b10-7+. The number of carboxylic acid groups (broad SMARTS) is 1. The molecule has 2 aromatic heterocycles. The lowest BCUT2D eigenvalue weighted by Gasteiger charge is -2.10. The second-order valence-electron chi connectivity index (χ2n) is 6.78. The molecule has 30 heavy (non-hydrogen) atoms. The van der Waals surface area contributed by atoms with Crippen LogP contribution in [-0.4, -0.2) is 34.7 Å². The smallest absolute Gasteiger partial charge is 0.337 e. The molecule has 0 spiro atoms. The molecular formula is C23H24N2O5. The van der Waals surface area contributed by atoms with Crippen molar-refractivity contribution in [2.75, 3.05) is 14.2 Å². The second kappa shape index (κ2) is 9.26. The Bertz CT molecular complexity index is 1160. The SMILES string of the molecule is CCCCc1c(/C=C/c2cc(OC)ccc2OC)nc2ccc(C(=O)O)cn2c1=O. The van der Waals surface area contributed by atoms with Gasteiger partial charge in [-0.15, -0.1) is 0 Å². The molecule has 1 N–H and O–H groups in total. The maximum absolute atomic E-state index is 13.1. The van der Waals surface area contributed by atoms with Gasteiger partial charge in [-0.05, 0) is 55.3 Å². The molecule has 0 saturated heterocycles. The van der Waals surface area contributed by atoms with Gasteiger partial charge in [-0.3, -0.25) is 9.20 Å². The molecule has 7 nitrogen and oxygen atoms in total. The van der Waals surface area contributed by atoms with Crippen molar-refractivity contribution in [3.63, 3.8) is 0 Å². The number of ether oxygens (including phenoxy) is 2. The summed E-state index contributed by atoms with van der Waals surface area (Å²) < 4.78 is 12.0. The Balaban J connectivity index is 2.15. The van der Waals surface area contributed by atoms with Gasteiger partial charge in [-0.25, -0.2) is 9.78 Å². The average molecular weight is 408 g/mol. The number of methoxy groups -OCH3 is 2. The summed E-state index contributed by atoms with van der Waals surface area (Å²) in [7, 11) is 3.18. The molecule has 156 valence electrons. The molecule has 0 atom stereocenters. The first-order valence-corrected chi connectivity index (χ1v) is 9.67. The molecule has 0 radical (unpaired) electrons. The maximum Gasteiger partial charge on any atom is 0.337 e. The van der Waals surface area contributed by atoms with Crippen molar-refractivity contribution >= 4 is 23.8 Å². The molecule has 3 rings (SSSR count). The summed E-state index contributed by atoms with van der Waals surface area (Å²) in [6.45, 7) is 2.05. The van der Waals surface area contributed by atoms with Crippen LogP contribution in [0.5, 0.6) is 11.5 Å². The zero-order valence-electron chi connectivity index (χ0n) is 17.2. The monoisotopic (exact) mass is 408 g/mol. The molecule has 0 unspecified atom stereocenters. The van der Waals surface area contributed by atoms with Crippen LogP contribution in [0.15, 0.2) is 41.3 Å². The molecule has 0 fully saturated rings. The lowest BCUT2D eigenvalue weighted by Crippen LogP contribution is -2.22. The number of aromatic nitrogens is 2. The van der Waals surface area contributed by atoms with Crippen LogP contribution >= 0.6 is 0 Å². The van der Waals surface area contributed by atoms with Crippen molar-refractivity contribution in [1.29, 1.82) is 0 Å². The molecule has 0 amide bonds. The molecule has 0 saturated carbocycles. The van der Waals surface area contributed by atoms with Gasteiger partial charge in [0.15, 0.2) is 0 Å². The van der Waals surface area contributed by atoms with Crippen molar-refractivity contribution in [1.82, 2.24) is 9.38 Å². The maximum atomic E-state index is 13.1. The number of rotatable bonds is 8. The van der Waals surface area contributed by atoms with Crippen molar-refractivity contribution < 1.29 is 19.4 Å². The highest BCUT2D eigenvalue weighted by molar-refractivity contribution is 5.87. The quantitative estimate of drug-likeness (QED) is 0.608. The van der Waals surface area contributed by atoms with E-state index in [0.29, 0.717) is 34.8 Å². The first kappa shape index (κ1) is 21.1. The summed E-state index contributed by atoms with van der Waals surface area (Å²) in [5, 5.41) is 9.23. The fourth-order valence-electron chi connectivity index (χ4n) is 3.18. The molecule has 7 heteroatoms. The number of hydrogen-bond donors (Lipinski definition) is 1. The summed E-state index contributed by atoms with van der Waals surface area (Å²) >= 11 is 0. The summed E-state index contributed by atoms with van der Waals surface area (Å²) in [5.74, 6) is 0.271. The Morgan fingerprint density at radius 1 is 1.17 bits per heavy atom. The average Bonchev–Trinajstić information content (AvgIpc) is 2.76. The van der Waals surface area contributed by atoms with Crippen LogP contribution in [0.4, 0.5) is 0 Å². The van der Waals surface area contributed by atoms with Gasteiger partial charge in [0.1, 0.15) is 17.1 Å². The van der Waals surface area contributed by atoms with Crippen molar-refractivity contribution in [3.8, 4) is 11.5 Å². The van der Waals surface area contributed by atoms with Gasteiger partial charge in [-0.2, -0.15) is 0 Å². The van der Waals surface area contributed by atoms with Gasteiger partial charge in [0.05, 0.1) is 25.5 Å². The van der Waals surface area contributed by atoms with E-state index < -0.39 is 5.97 Å². The van der Waals surface area contributed by atoms with Crippen LogP contribution in [0.1, 0.15) is 46.9 Å². The van der Waals surface area contributed by atoms with Crippen LogP contribution in [0, 0.1) is 0 Å². The molecule has 3 aromatic rings. The first-order chi connectivity index (χ1) is 14.5. The zero-order chi connectivity index (χ0) is 21.7. The summed E-state index contributed by atoms with van der Waals surface area (Å²) in [5.41, 5.74) is 2.08. The summed E-state index contributed by atoms with van der Waals surface area (Å²) in [6, 6.07) is 8.44. The molecule has 0 aliphatic heterocycles. The van der Waals surface area contributed by atoms with Gasteiger partial charge in [-0.1, -0.05) is 13.3 Å². The zero-order valence-corrected chi connectivity index (χ0v) is 17.2. The van der Waals surface area contributed by atoms with Crippen molar-refractivity contribution in [2.24, 2.45) is 0 Å². The van der Waals surface area contributed by atoms with Crippen LogP contribution in [0.3, 0.4) is 0 Å². The second-order valence-corrected chi connectivity index (χ2v) is 6.78. The Morgan fingerprint density at radius 3 is 2.63 bits per heavy atom. The largest absolute Gasteiger partial charge is 0.497 e. The summed E-state index contributed by atoms with van der Waals surface area (Å²) in [6.07, 6.45) is 7.24. The van der Waals surface area contributed by atoms with Crippen LogP contribution in [0.2, 0.25) is 0 Å². The van der Waals surface area contributed by atoms with Gasteiger partial charge in [0, 0.05) is 17.3 Å². The fraction of sp³-hybridized carbons (Fsp3) is 0.261. The highest BCUT2D eigenvalue weighted by Crippen LogP contribution is 2.26. The van der Waals surface area contributed by atoms with E-state index in [2.05, 4.69) is 4.98 Å². The van der Waals surface area contributed by atoms with E-state index in [0.717, 1.165) is 18.4 Å². The predicted octanol–water partition coefficient (Wildman–Crippen LogP) is 3.92. The fourth-order valence-corrected chi connectivity index (χ4v) is 3.18. The third kappa shape index (κ3) is 4.35. The Labute approximate surface area is 174 Å². The van der Waals surface area contributed by atoms with Gasteiger partial charge < -0.3 is 14.6 Å². The van der Waals surface area contributed by atoms with Crippen molar-refractivity contribution in [3.05, 3.63) is 69.3 Å². The Hall–Kier alpha value is -3.61. The van der Waals surface area contributed by atoms with Gasteiger partial charge in [0.25, 0.3) is 5.56 Å². The number of hydrogen-bond acceptors (Lipinski definition) is 5. The number of fused-ring (bicyclic) bond motifs is 1. The van der Waals surface area contributed by atoms with E-state index in [9.17, 15) is 14.7 Å². The third-order valence-corrected chi connectivity index (χ3v) is 4.83. The number of carbonyl (C=O) groups is 1. The molecule has 2 heterocycles. The Morgan fingerprint density at radius 2 is 1.97 bits per heavy atom. The van der Waals surface area contributed by atoms with Crippen LogP contribution < -0.4 is 15.0 Å². The van der Waals surface area contributed by atoms with Gasteiger partial charge in [0.2, 0.25) is 0 Å². The van der Waals surface area contributed by atoms with Crippen LogP contribution in [-0.2, 0) is 6.42 Å². The molecule has 1 aromatic carbocycles. The lowest BCUT2D eigenvalue weighted by atomic mass is 10.1. The number of pyridine rings is 1. The normalized spacial score (nSPS) is 11.2. The van der Waals surface area contributed by atoms with E-state index in [4.69, 9.17) is 9.47 Å². The molecule has 0 bridgehead atoms. The number of aromatic carboxylic acids is 1. The van der Waals surface area contributed by atoms with Crippen molar-refractivity contribution in [2.45, 2.75) is 26.2 Å². The number of unbranched alkanes of at least 4 members (excludes halogenated alkanes) is 1. The van der Waals surface area contributed by atoms with E-state index in [-0.39, 0.29) is 11.1 Å². The molecular weight excluding hydrogens is 384 g/mol. The first-order valence-electron chi connectivity index (χ1n) is 9.67. The minimum atomic E-state index is -1.09. The minimum absolute atomic E-state index is 0.0391. The Kier molecular flexibility index (Phi) is 6.51. The highest BCUT2D eigenvalue weighted by Gasteiger charge is 2.13. The minimum Gasteiger partial charge on any atom is -0.497 e. The lowest BCUT2D eigenvalue weighted by molar-refractivity contribution is 0.0696. The number of benzene rings is 1. The van der Waals surface area contributed by atoms with E-state index in [1.807, 2.05) is 31.2 Å². The summed E-state index contributed by atoms with van der Waals surface area (Å²) in [4.78, 5) is 29.0. The molecule has 0 aliphatic carbocycles. The topological polar surface area (TPSA) is 90.1 Å². The van der Waals surface area contributed by atoms with E-state index in [1.165, 1.54) is 22.7 Å².